The maximum absolute atomic E-state index is 13.5. The zero-order chi connectivity index (χ0) is 14.8. The van der Waals surface area contributed by atoms with Crippen LogP contribution in [0.15, 0.2) is 18.2 Å². The lowest BCUT2D eigenvalue weighted by Crippen LogP contribution is -2.46. The molecule has 0 radical (unpaired) electrons. The van der Waals surface area contributed by atoms with Crippen LogP contribution in [0.25, 0.3) is 0 Å². The van der Waals surface area contributed by atoms with Gasteiger partial charge in [0.05, 0.1) is 5.60 Å². The second kappa shape index (κ2) is 6.10. The van der Waals surface area contributed by atoms with Crippen LogP contribution in [0.1, 0.15) is 39.2 Å². The van der Waals surface area contributed by atoms with Gasteiger partial charge in [0.25, 0.3) is 0 Å². The summed E-state index contributed by atoms with van der Waals surface area (Å²) in [6.45, 7) is 8.18. The van der Waals surface area contributed by atoms with Crippen LogP contribution in [0.5, 0.6) is 0 Å². The summed E-state index contributed by atoms with van der Waals surface area (Å²) in [6, 6.07) is 5.27. The predicted octanol–water partition coefficient (Wildman–Crippen LogP) is 2.67. The molecule has 0 spiro atoms. The minimum Gasteiger partial charge on any atom is -0.388 e. The van der Waals surface area contributed by atoms with E-state index in [1.54, 1.807) is 6.07 Å². The summed E-state index contributed by atoms with van der Waals surface area (Å²) in [4.78, 5) is 2.17. The minimum atomic E-state index is -0.657. The van der Waals surface area contributed by atoms with Crippen LogP contribution in [0.3, 0.4) is 0 Å². The largest absolute Gasteiger partial charge is 0.388 e. The molecule has 1 aromatic carbocycles. The molecule has 112 valence electrons. The van der Waals surface area contributed by atoms with Gasteiger partial charge < -0.3 is 15.3 Å². The zero-order valence-electron chi connectivity index (χ0n) is 12.6. The van der Waals surface area contributed by atoms with E-state index in [9.17, 15) is 9.50 Å². The van der Waals surface area contributed by atoms with Crippen LogP contribution < -0.4 is 10.2 Å². The van der Waals surface area contributed by atoms with Crippen molar-refractivity contribution in [3.63, 3.8) is 0 Å². The van der Waals surface area contributed by atoms with Gasteiger partial charge in [-0.1, -0.05) is 13.8 Å². The predicted molar refractivity (Wildman–Crippen MR) is 80.4 cm³/mol. The van der Waals surface area contributed by atoms with E-state index < -0.39 is 5.60 Å². The number of nitrogens with zero attached hydrogens (tertiary/aromatic N) is 1. The Morgan fingerprint density at radius 3 is 2.85 bits per heavy atom. The molecular formula is C16H25FN2O. The van der Waals surface area contributed by atoms with Gasteiger partial charge in [-0.3, -0.25) is 0 Å². The molecule has 3 nitrogen and oxygen atoms in total. The van der Waals surface area contributed by atoms with E-state index in [1.165, 1.54) is 6.07 Å². The summed E-state index contributed by atoms with van der Waals surface area (Å²) in [6.07, 6.45) is 1.78. The number of hydrogen-bond acceptors (Lipinski definition) is 3. The third-order valence-corrected chi connectivity index (χ3v) is 3.76. The number of hydrogen-bond donors (Lipinski definition) is 2. The first-order valence-electron chi connectivity index (χ1n) is 7.36. The maximum atomic E-state index is 13.5. The Morgan fingerprint density at radius 2 is 2.20 bits per heavy atom. The van der Waals surface area contributed by atoms with Crippen LogP contribution in [-0.2, 0) is 6.54 Å². The van der Waals surface area contributed by atoms with E-state index in [0.717, 1.165) is 30.6 Å². The minimum absolute atomic E-state index is 0.210. The van der Waals surface area contributed by atoms with Gasteiger partial charge in [-0.25, -0.2) is 4.39 Å². The number of aliphatic hydroxyl groups is 1. The first kappa shape index (κ1) is 15.3. The second-order valence-corrected chi connectivity index (χ2v) is 6.33. The zero-order valence-corrected chi connectivity index (χ0v) is 12.6. The molecule has 0 saturated carbocycles. The quantitative estimate of drug-likeness (QED) is 0.890. The Bertz CT molecular complexity index is 460. The van der Waals surface area contributed by atoms with Crippen LogP contribution in [-0.4, -0.2) is 29.8 Å². The lowest BCUT2D eigenvalue weighted by atomic mass is 9.94. The van der Waals surface area contributed by atoms with Gasteiger partial charge in [0, 0.05) is 31.4 Å². The van der Waals surface area contributed by atoms with Gasteiger partial charge in [0.2, 0.25) is 0 Å². The number of nitrogens with one attached hydrogen (secondary N) is 1. The molecule has 1 aromatic rings. The van der Waals surface area contributed by atoms with Crippen molar-refractivity contribution in [2.24, 2.45) is 0 Å². The summed E-state index contributed by atoms with van der Waals surface area (Å²) in [5.41, 5.74) is 1.32. The van der Waals surface area contributed by atoms with Crippen molar-refractivity contribution in [1.82, 2.24) is 5.32 Å². The van der Waals surface area contributed by atoms with Crippen molar-refractivity contribution in [2.45, 2.75) is 51.8 Å². The Labute approximate surface area is 120 Å². The van der Waals surface area contributed by atoms with Gasteiger partial charge in [0.1, 0.15) is 5.82 Å². The molecule has 0 amide bonds. The van der Waals surface area contributed by atoms with Gasteiger partial charge in [-0.2, -0.15) is 0 Å². The highest BCUT2D eigenvalue weighted by atomic mass is 19.1. The second-order valence-electron chi connectivity index (χ2n) is 6.33. The molecule has 0 aliphatic carbocycles. The van der Waals surface area contributed by atoms with Gasteiger partial charge in [-0.05, 0) is 43.5 Å². The third-order valence-electron chi connectivity index (χ3n) is 3.76. The Balaban J connectivity index is 2.21. The van der Waals surface area contributed by atoms with Crippen molar-refractivity contribution in [3.05, 3.63) is 29.6 Å². The SMILES string of the molecule is CC(C)NCc1cc(F)ccc1N1CCCC(C)(O)C1. The van der Waals surface area contributed by atoms with E-state index in [1.807, 2.05) is 13.0 Å². The molecule has 0 bridgehead atoms. The standard InChI is InChI=1S/C16H25FN2O/c1-12(2)18-10-13-9-14(17)5-6-15(13)19-8-4-7-16(3,20)11-19/h5-6,9,12,18,20H,4,7-8,10-11H2,1-3H3. The summed E-state index contributed by atoms with van der Waals surface area (Å²) in [7, 11) is 0. The molecule has 2 N–H and O–H groups in total. The first-order chi connectivity index (χ1) is 9.37. The molecule has 1 saturated heterocycles. The molecule has 4 heteroatoms. The lowest BCUT2D eigenvalue weighted by Gasteiger charge is -2.39. The third kappa shape index (κ3) is 3.93. The number of halogens is 1. The van der Waals surface area contributed by atoms with Crippen molar-refractivity contribution < 1.29 is 9.50 Å². The summed E-state index contributed by atoms with van der Waals surface area (Å²) >= 11 is 0. The average molecular weight is 280 g/mol. The van der Waals surface area contributed by atoms with Crippen molar-refractivity contribution in [2.75, 3.05) is 18.0 Å². The number of benzene rings is 1. The fourth-order valence-electron chi connectivity index (χ4n) is 2.74. The summed E-state index contributed by atoms with van der Waals surface area (Å²) in [5, 5.41) is 13.6. The van der Waals surface area contributed by atoms with E-state index in [4.69, 9.17) is 0 Å². The van der Waals surface area contributed by atoms with Crippen LogP contribution in [0, 0.1) is 5.82 Å². The summed E-state index contributed by atoms with van der Waals surface area (Å²) < 4.78 is 13.5. The molecule has 1 heterocycles. The molecule has 1 aliphatic heterocycles. The van der Waals surface area contributed by atoms with Crippen molar-refractivity contribution in [1.29, 1.82) is 0 Å². The molecular weight excluding hydrogens is 255 g/mol. The molecule has 0 aromatic heterocycles. The van der Waals surface area contributed by atoms with E-state index >= 15 is 0 Å². The molecule has 1 fully saturated rings. The first-order valence-corrected chi connectivity index (χ1v) is 7.36. The van der Waals surface area contributed by atoms with Crippen molar-refractivity contribution >= 4 is 5.69 Å². The number of rotatable bonds is 4. The van der Waals surface area contributed by atoms with E-state index in [0.29, 0.717) is 19.1 Å². The van der Waals surface area contributed by atoms with Crippen molar-refractivity contribution in [3.8, 4) is 0 Å². The number of anilines is 1. The molecule has 1 aliphatic rings. The monoisotopic (exact) mass is 280 g/mol. The van der Waals surface area contributed by atoms with Crippen LogP contribution in [0.2, 0.25) is 0 Å². The maximum Gasteiger partial charge on any atom is 0.123 e. The number of β-amino-alcohol motifs (C(OH)–C–C–N with tert-alkyl or cyclic N) is 1. The topological polar surface area (TPSA) is 35.5 Å². The summed E-state index contributed by atoms with van der Waals surface area (Å²) in [5.74, 6) is -0.210. The molecule has 20 heavy (non-hydrogen) atoms. The molecule has 1 unspecified atom stereocenters. The highest BCUT2D eigenvalue weighted by molar-refractivity contribution is 5.54. The normalized spacial score (nSPS) is 23.4. The van der Waals surface area contributed by atoms with E-state index in [2.05, 4.69) is 24.1 Å². The highest BCUT2D eigenvalue weighted by Crippen LogP contribution is 2.28. The fraction of sp³-hybridized carbons (Fsp3) is 0.625. The lowest BCUT2D eigenvalue weighted by molar-refractivity contribution is 0.0449. The van der Waals surface area contributed by atoms with Crippen LogP contribution in [0.4, 0.5) is 10.1 Å². The highest BCUT2D eigenvalue weighted by Gasteiger charge is 2.29. The van der Waals surface area contributed by atoms with Gasteiger partial charge in [0.15, 0.2) is 0 Å². The Morgan fingerprint density at radius 1 is 1.45 bits per heavy atom. The van der Waals surface area contributed by atoms with Gasteiger partial charge in [-0.15, -0.1) is 0 Å². The molecule has 1 atom stereocenters. The van der Waals surface area contributed by atoms with Crippen LogP contribution >= 0.6 is 0 Å². The fourth-order valence-corrected chi connectivity index (χ4v) is 2.74. The number of piperidine rings is 1. The van der Waals surface area contributed by atoms with E-state index in [-0.39, 0.29) is 5.82 Å². The Kier molecular flexibility index (Phi) is 4.66. The Hall–Kier alpha value is -1.13. The smallest absolute Gasteiger partial charge is 0.123 e. The average Bonchev–Trinajstić information content (AvgIpc) is 2.35. The molecule has 2 rings (SSSR count). The van der Waals surface area contributed by atoms with Gasteiger partial charge >= 0.3 is 0 Å².